The van der Waals surface area contributed by atoms with Crippen LogP contribution in [-0.4, -0.2) is 32.9 Å². The van der Waals surface area contributed by atoms with Crippen molar-refractivity contribution in [2.45, 2.75) is 40.2 Å². The molecule has 0 spiro atoms. The molecule has 0 heterocycles. The van der Waals surface area contributed by atoms with E-state index in [0.717, 1.165) is 19.7 Å². The van der Waals surface area contributed by atoms with E-state index < -0.39 is 0 Å². The van der Waals surface area contributed by atoms with Crippen molar-refractivity contribution in [3.63, 3.8) is 0 Å². The summed E-state index contributed by atoms with van der Waals surface area (Å²) in [6.07, 6.45) is 0. The molecule has 3 nitrogen and oxygen atoms in total. The predicted molar refractivity (Wildman–Crippen MR) is 88.7 cm³/mol. The molecule has 0 aromatic heterocycles. The second-order valence-electron chi connectivity index (χ2n) is 5.97. The van der Waals surface area contributed by atoms with Crippen LogP contribution in [0.1, 0.15) is 44.7 Å². The topological polar surface area (TPSA) is 30.5 Å². The minimum absolute atomic E-state index is 0.546. The molecule has 1 aromatic rings. The first-order valence-corrected chi connectivity index (χ1v) is 8.08. The molecule has 0 fully saturated rings. The molecule has 1 aromatic carbocycles. The smallest absolute Gasteiger partial charge is 0.0718 e. The fraction of sp³-hybridized carbons (Fsp3) is 0.667. The van der Waals surface area contributed by atoms with E-state index in [2.05, 4.69) is 57.3 Å². The predicted octanol–water partition coefficient (Wildman–Crippen LogP) is 3.59. The maximum atomic E-state index is 5.63. The summed E-state index contributed by atoms with van der Waals surface area (Å²) < 4.78 is 11.1. The van der Waals surface area contributed by atoms with Crippen LogP contribution in [0.2, 0.25) is 0 Å². The highest BCUT2D eigenvalue weighted by molar-refractivity contribution is 5.24. The third-order valence-corrected chi connectivity index (χ3v) is 3.34. The highest BCUT2D eigenvalue weighted by atomic mass is 16.5. The van der Waals surface area contributed by atoms with Gasteiger partial charge in [0.15, 0.2) is 0 Å². The van der Waals surface area contributed by atoms with Crippen LogP contribution in [0.4, 0.5) is 0 Å². The summed E-state index contributed by atoms with van der Waals surface area (Å²) in [6.45, 7) is 13.5. The number of nitrogens with one attached hydrogen (secondary N) is 1. The van der Waals surface area contributed by atoms with E-state index in [0.29, 0.717) is 31.7 Å². The molecule has 0 aliphatic carbocycles. The third-order valence-electron chi connectivity index (χ3n) is 3.34. The molecule has 0 radical (unpaired) electrons. The average Bonchev–Trinajstić information content (AvgIpc) is 2.48. The van der Waals surface area contributed by atoms with Crippen LogP contribution in [0.15, 0.2) is 24.3 Å². The second-order valence-corrected chi connectivity index (χ2v) is 5.97. The van der Waals surface area contributed by atoms with E-state index in [1.165, 1.54) is 11.1 Å². The molecule has 3 heteroatoms. The number of ether oxygens (including phenoxy) is 2. The van der Waals surface area contributed by atoms with Gasteiger partial charge in [-0.2, -0.15) is 0 Å². The van der Waals surface area contributed by atoms with E-state index in [4.69, 9.17) is 9.47 Å². The fourth-order valence-electron chi connectivity index (χ4n) is 2.05. The third kappa shape index (κ3) is 8.20. The normalized spacial score (nSPS) is 12.8. The van der Waals surface area contributed by atoms with Crippen LogP contribution in [0.5, 0.6) is 0 Å². The van der Waals surface area contributed by atoms with Crippen molar-refractivity contribution in [1.29, 1.82) is 0 Å². The van der Waals surface area contributed by atoms with Gasteiger partial charge in [0.1, 0.15) is 0 Å². The van der Waals surface area contributed by atoms with Crippen LogP contribution < -0.4 is 5.32 Å². The standard InChI is InChI=1S/C18H31NO2/c1-5-19-12-16(4)18-8-6-17(7-9-18)14-21-11-10-20-13-15(2)3/h6-9,15-16,19H,5,10-14H2,1-4H3. The molecule has 1 unspecified atom stereocenters. The number of likely N-dealkylation sites (N-methyl/N-ethyl adjacent to an activating group) is 1. The highest BCUT2D eigenvalue weighted by Crippen LogP contribution is 2.15. The molecule has 0 amide bonds. The number of benzene rings is 1. The van der Waals surface area contributed by atoms with Crippen molar-refractivity contribution in [2.75, 3.05) is 32.9 Å². The van der Waals surface area contributed by atoms with Crippen molar-refractivity contribution < 1.29 is 9.47 Å². The molecular formula is C18H31NO2. The van der Waals surface area contributed by atoms with Gasteiger partial charge in [-0.25, -0.2) is 0 Å². The Bertz CT molecular complexity index is 362. The largest absolute Gasteiger partial charge is 0.379 e. The van der Waals surface area contributed by atoms with Gasteiger partial charge in [-0.3, -0.25) is 0 Å². The van der Waals surface area contributed by atoms with E-state index in [1.807, 2.05) is 0 Å². The van der Waals surface area contributed by atoms with E-state index in [1.54, 1.807) is 0 Å². The van der Waals surface area contributed by atoms with Crippen molar-refractivity contribution >= 4 is 0 Å². The zero-order valence-electron chi connectivity index (χ0n) is 14.0. The van der Waals surface area contributed by atoms with Crippen molar-refractivity contribution in [2.24, 2.45) is 5.92 Å². The van der Waals surface area contributed by atoms with Gasteiger partial charge in [-0.1, -0.05) is 52.0 Å². The zero-order valence-corrected chi connectivity index (χ0v) is 14.0. The first-order valence-electron chi connectivity index (χ1n) is 8.08. The molecule has 1 atom stereocenters. The van der Waals surface area contributed by atoms with Gasteiger partial charge >= 0.3 is 0 Å². The second kappa shape index (κ2) is 10.8. The summed E-state index contributed by atoms with van der Waals surface area (Å²) in [4.78, 5) is 0. The molecule has 0 bridgehead atoms. The lowest BCUT2D eigenvalue weighted by atomic mass is 10.00. The Balaban J connectivity index is 2.21. The SMILES string of the molecule is CCNCC(C)c1ccc(COCCOCC(C)C)cc1. The minimum atomic E-state index is 0.546. The van der Waals surface area contributed by atoms with Gasteiger partial charge in [-0.15, -0.1) is 0 Å². The summed E-state index contributed by atoms with van der Waals surface area (Å²) in [6, 6.07) is 8.73. The van der Waals surface area contributed by atoms with Crippen LogP contribution in [-0.2, 0) is 16.1 Å². The van der Waals surface area contributed by atoms with Crippen molar-refractivity contribution in [3.8, 4) is 0 Å². The number of hydrogen-bond acceptors (Lipinski definition) is 3. The molecule has 0 aliphatic rings. The van der Waals surface area contributed by atoms with Gasteiger partial charge in [0.25, 0.3) is 0 Å². The van der Waals surface area contributed by atoms with E-state index in [-0.39, 0.29) is 0 Å². The average molecular weight is 293 g/mol. The number of hydrogen-bond donors (Lipinski definition) is 1. The van der Waals surface area contributed by atoms with Gasteiger partial charge < -0.3 is 14.8 Å². The summed E-state index contributed by atoms with van der Waals surface area (Å²) >= 11 is 0. The molecule has 0 saturated carbocycles. The first kappa shape index (κ1) is 18.1. The quantitative estimate of drug-likeness (QED) is 0.633. The summed E-state index contributed by atoms with van der Waals surface area (Å²) in [7, 11) is 0. The first-order chi connectivity index (χ1) is 10.1. The summed E-state index contributed by atoms with van der Waals surface area (Å²) in [5.41, 5.74) is 2.60. The maximum Gasteiger partial charge on any atom is 0.0718 e. The maximum absolute atomic E-state index is 5.63. The Hall–Kier alpha value is -0.900. The molecule has 0 saturated heterocycles. The van der Waals surface area contributed by atoms with E-state index in [9.17, 15) is 0 Å². The molecule has 21 heavy (non-hydrogen) atoms. The van der Waals surface area contributed by atoms with Crippen LogP contribution in [0.3, 0.4) is 0 Å². The Morgan fingerprint density at radius 3 is 2.29 bits per heavy atom. The zero-order chi connectivity index (χ0) is 15.5. The molecule has 0 aliphatic heterocycles. The number of rotatable bonds is 11. The van der Waals surface area contributed by atoms with Gasteiger partial charge in [0.05, 0.1) is 19.8 Å². The Morgan fingerprint density at radius 2 is 1.67 bits per heavy atom. The summed E-state index contributed by atoms with van der Waals surface area (Å²) in [5.74, 6) is 1.13. The van der Waals surface area contributed by atoms with Gasteiger partial charge in [0, 0.05) is 13.2 Å². The Labute approximate surface area is 130 Å². The molecule has 1 rings (SSSR count). The highest BCUT2D eigenvalue weighted by Gasteiger charge is 2.04. The fourth-order valence-corrected chi connectivity index (χ4v) is 2.05. The monoisotopic (exact) mass is 293 g/mol. The lowest BCUT2D eigenvalue weighted by Gasteiger charge is -2.13. The lowest BCUT2D eigenvalue weighted by molar-refractivity contribution is 0.0314. The molecule has 120 valence electrons. The van der Waals surface area contributed by atoms with Gasteiger partial charge in [-0.05, 0) is 29.5 Å². The van der Waals surface area contributed by atoms with Crippen LogP contribution in [0, 0.1) is 5.92 Å². The Morgan fingerprint density at radius 1 is 1.00 bits per heavy atom. The van der Waals surface area contributed by atoms with E-state index >= 15 is 0 Å². The lowest BCUT2D eigenvalue weighted by Crippen LogP contribution is -2.19. The molecular weight excluding hydrogens is 262 g/mol. The van der Waals surface area contributed by atoms with Crippen molar-refractivity contribution in [1.82, 2.24) is 5.32 Å². The minimum Gasteiger partial charge on any atom is -0.379 e. The Kier molecular flexibility index (Phi) is 9.31. The van der Waals surface area contributed by atoms with Crippen molar-refractivity contribution in [3.05, 3.63) is 35.4 Å². The van der Waals surface area contributed by atoms with Crippen LogP contribution >= 0.6 is 0 Å². The molecule has 1 N–H and O–H groups in total. The van der Waals surface area contributed by atoms with Crippen LogP contribution in [0.25, 0.3) is 0 Å². The summed E-state index contributed by atoms with van der Waals surface area (Å²) in [5, 5.41) is 3.38. The van der Waals surface area contributed by atoms with Gasteiger partial charge in [0.2, 0.25) is 0 Å².